The van der Waals surface area contributed by atoms with E-state index in [4.69, 9.17) is 10.5 Å². The lowest BCUT2D eigenvalue weighted by Gasteiger charge is -2.17. The van der Waals surface area contributed by atoms with Crippen LogP contribution in [0.3, 0.4) is 0 Å². The van der Waals surface area contributed by atoms with Crippen LogP contribution in [0.25, 0.3) is 0 Å². The minimum Gasteiger partial charge on any atom is -0.497 e. The maximum atomic E-state index is 12.7. The van der Waals surface area contributed by atoms with Crippen molar-refractivity contribution in [1.29, 1.82) is 0 Å². The van der Waals surface area contributed by atoms with Gasteiger partial charge in [0.05, 0.1) is 12.7 Å². The Morgan fingerprint density at radius 3 is 2.48 bits per heavy atom. The van der Waals surface area contributed by atoms with Gasteiger partial charge in [-0.3, -0.25) is 0 Å². The number of nitrogens with two attached hydrogens (primary N) is 1. The van der Waals surface area contributed by atoms with Crippen LogP contribution in [-0.4, -0.2) is 12.2 Å². The van der Waals surface area contributed by atoms with Crippen molar-refractivity contribution >= 4 is 5.69 Å². The molecule has 1 unspecified atom stereocenters. The first-order chi connectivity index (χ1) is 9.82. The van der Waals surface area contributed by atoms with Crippen LogP contribution in [-0.2, 0) is 6.18 Å². The van der Waals surface area contributed by atoms with Crippen LogP contribution >= 0.6 is 0 Å². The van der Waals surface area contributed by atoms with Crippen LogP contribution in [0.4, 0.5) is 18.9 Å². The first-order valence-corrected chi connectivity index (χ1v) is 6.11. The number of hydrogen-bond acceptors (Lipinski definition) is 3. The molecule has 0 amide bonds. The molecule has 0 heterocycles. The number of hydrogen-bond donors (Lipinski definition) is 2. The van der Waals surface area contributed by atoms with E-state index in [1.165, 1.54) is 7.11 Å². The van der Waals surface area contributed by atoms with Gasteiger partial charge in [-0.1, -0.05) is 12.1 Å². The summed E-state index contributed by atoms with van der Waals surface area (Å²) in [5.74, 6) is 0.497. The SMILES string of the molecule is COc1cccc(C(O)c2cc(C(F)(F)F)ccc2N)c1. The van der Waals surface area contributed by atoms with Gasteiger partial charge in [-0.05, 0) is 35.9 Å². The molecule has 21 heavy (non-hydrogen) atoms. The van der Waals surface area contributed by atoms with Crippen LogP contribution in [0.5, 0.6) is 5.75 Å². The number of halogens is 3. The minimum absolute atomic E-state index is 0.0121. The molecule has 1 atom stereocenters. The van der Waals surface area contributed by atoms with Gasteiger partial charge in [0.2, 0.25) is 0 Å². The lowest BCUT2D eigenvalue weighted by atomic mass is 9.97. The molecule has 0 aliphatic heterocycles. The highest BCUT2D eigenvalue weighted by Crippen LogP contribution is 2.35. The standard InChI is InChI=1S/C15H14F3NO2/c1-21-11-4-2-3-9(7-11)14(20)12-8-10(15(16,17)18)5-6-13(12)19/h2-8,14,20H,19H2,1H3. The summed E-state index contributed by atoms with van der Waals surface area (Å²) in [6.07, 6.45) is -5.75. The molecule has 0 aliphatic carbocycles. The monoisotopic (exact) mass is 297 g/mol. The van der Waals surface area contributed by atoms with E-state index in [9.17, 15) is 18.3 Å². The Bertz CT molecular complexity index is 641. The van der Waals surface area contributed by atoms with E-state index in [0.717, 1.165) is 18.2 Å². The van der Waals surface area contributed by atoms with E-state index < -0.39 is 17.8 Å². The quantitative estimate of drug-likeness (QED) is 0.854. The molecule has 0 saturated carbocycles. The number of benzene rings is 2. The molecular weight excluding hydrogens is 283 g/mol. The lowest BCUT2D eigenvalue weighted by molar-refractivity contribution is -0.137. The molecule has 0 saturated heterocycles. The largest absolute Gasteiger partial charge is 0.497 e. The van der Waals surface area contributed by atoms with Crippen LogP contribution in [0.15, 0.2) is 42.5 Å². The molecule has 0 radical (unpaired) electrons. The van der Waals surface area contributed by atoms with Gasteiger partial charge >= 0.3 is 6.18 Å². The fraction of sp³-hybridized carbons (Fsp3) is 0.200. The Labute approximate surface area is 119 Å². The first-order valence-electron chi connectivity index (χ1n) is 6.11. The first kappa shape index (κ1) is 15.2. The van der Waals surface area contributed by atoms with Crippen LogP contribution < -0.4 is 10.5 Å². The highest BCUT2D eigenvalue weighted by Gasteiger charge is 2.31. The summed E-state index contributed by atoms with van der Waals surface area (Å²) in [6, 6.07) is 9.34. The molecule has 2 aromatic rings. The molecule has 6 heteroatoms. The van der Waals surface area contributed by atoms with E-state index >= 15 is 0 Å². The normalized spacial score (nSPS) is 13.0. The molecular formula is C15H14F3NO2. The van der Waals surface area contributed by atoms with Crippen molar-refractivity contribution in [2.24, 2.45) is 0 Å². The second kappa shape index (κ2) is 5.65. The van der Waals surface area contributed by atoms with Crippen LogP contribution in [0.1, 0.15) is 22.8 Å². The second-order valence-corrected chi connectivity index (χ2v) is 4.52. The molecule has 0 spiro atoms. The molecule has 3 N–H and O–H groups in total. The van der Waals surface area contributed by atoms with Gasteiger partial charge < -0.3 is 15.6 Å². The minimum atomic E-state index is -4.49. The highest BCUT2D eigenvalue weighted by atomic mass is 19.4. The average molecular weight is 297 g/mol. The van der Waals surface area contributed by atoms with E-state index in [-0.39, 0.29) is 11.3 Å². The van der Waals surface area contributed by atoms with Crippen molar-refractivity contribution < 1.29 is 23.0 Å². The molecule has 0 fully saturated rings. The van der Waals surface area contributed by atoms with Crippen molar-refractivity contribution in [3.8, 4) is 5.75 Å². The molecule has 2 aromatic carbocycles. The maximum absolute atomic E-state index is 12.7. The van der Waals surface area contributed by atoms with Crippen molar-refractivity contribution in [1.82, 2.24) is 0 Å². The van der Waals surface area contributed by atoms with Crippen molar-refractivity contribution in [3.63, 3.8) is 0 Å². The van der Waals surface area contributed by atoms with Gasteiger partial charge in [0, 0.05) is 11.3 Å². The third kappa shape index (κ3) is 3.28. The molecule has 0 bridgehead atoms. The van der Waals surface area contributed by atoms with Gasteiger partial charge in [0.1, 0.15) is 11.9 Å². The van der Waals surface area contributed by atoms with Gasteiger partial charge in [-0.25, -0.2) is 0 Å². The average Bonchev–Trinajstić information content (AvgIpc) is 2.46. The maximum Gasteiger partial charge on any atom is 0.416 e. The Morgan fingerprint density at radius 2 is 1.86 bits per heavy atom. The molecule has 3 nitrogen and oxygen atoms in total. The Morgan fingerprint density at radius 1 is 1.14 bits per heavy atom. The third-order valence-electron chi connectivity index (χ3n) is 3.12. The summed E-state index contributed by atoms with van der Waals surface area (Å²) in [5.41, 5.74) is 5.34. The lowest BCUT2D eigenvalue weighted by Crippen LogP contribution is -2.09. The number of aliphatic hydroxyl groups is 1. The summed E-state index contributed by atoms with van der Waals surface area (Å²) in [6.45, 7) is 0. The zero-order valence-corrected chi connectivity index (χ0v) is 11.2. The third-order valence-corrected chi connectivity index (χ3v) is 3.12. The fourth-order valence-electron chi connectivity index (χ4n) is 1.98. The predicted octanol–water partition coefficient (Wildman–Crippen LogP) is 3.38. The molecule has 112 valence electrons. The van der Waals surface area contributed by atoms with E-state index in [1.54, 1.807) is 24.3 Å². The summed E-state index contributed by atoms with van der Waals surface area (Å²) >= 11 is 0. The van der Waals surface area contributed by atoms with Gasteiger partial charge in [0.25, 0.3) is 0 Å². The van der Waals surface area contributed by atoms with Crippen LogP contribution in [0.2, 0.25) is 0 Å². The topological polar surface area (TPSA) is 55.5 Å². The van der Waals surface area contributed by atoms with Gasteiger partial charge in [-0.2, -0.15) is 13.2 Å². The molecule has 2 rings (SSSR count). The predicted molar refractivity (Wildman–Crippen MR) is 72.9 cm³/mol. The van der Waals surface area contributed by atoms with Gasteiger partial charge in [-0.15, -0.1) is 0 Å². The summed E-state index contributed by atoms with van der Waals surface area (Å²) in [4.78, 5) is 0. The van der Waals surface area contributed by atoms with Crippen LogP contribution in [0, 0.1) is 0 Å². The number of methoxy groups -OCH3 is 1. The van der Waals surface area contributed by atoms with Crippen molar-refractivity contribution in [2.75, 3.05) is 12.8 Å². The second-order valence-electron chi connectivity index (χ2n) is 4.52. The zero-order valence-electron chi connectivity index (χ0n) is 11.2. The highest BCUT2D eigenvalue weighted by molar-refractivity contribution is 5.53. The number of anilines is 1. The number of nitrogen functional groups attached to an aromatic ring is 1. The molecule has 0 aromatic heterocycles. The number of aliphatic hydroxyl groups excluding tert-OH is 1. The summed E-state index contributed by atoms with van der Waals surface area (Å²) in [7, 11) is 1.46. The number of rotatable bonds is 3. The van der Waals surface area contributed by atoms with E-state index in [2.05, 4.69) is 0 Å². The molecule has 0 aliphatic rings. The fourth-order valence-corrected chi connectivity index (χ4v) is 1.98. The number of ether oxygens (including phenoxy) is 1. The zero-order chi connectivity index (χ0) is 15.6. The Kier molecular flexibility index (Phi) is 4.09. The van der Waals surface area contributed by atoms with Crippen molar-refractivity contribution in [3.05, 3.63) is 59.2 Å². The van der Waals surface area contributed by atoms with E-state index in [0.29, 0.717) is 11.3 Å². The summed E-state index contributed by atoms with van der Waals surface area (Å²) < 4.78 is 43.3. The van der Waals surface area contributed by atoms with Crippen molar-refractivity contribution in [2.45, 2.75) is 12.3 Å². The van der Waals surface area contributed by atoms with Gasteiger partial charge in [0.15, 0.2) is 0 Å². The van der Waals surface area contributed by atoms with E-state index in [1.807, 2.05) is 0 Å². The summed E-state index contributed by atoms with van der Waals surface area (Å²) in [5, 5.41) is 10.3. The Hall–Kier alpha value is -2.21. The smallest absolute Gasteiger partial charge is 0.416 e. The number of alkyl halides is 3. The Balaban J connectivity index is 2.44.